The summed E-state index contributed by atoms with van der Waals surface area (Å²) in [5.74, 6) is 1.30. The lowest BCUT2D eigenvalue weighted by Gasteiger charge is -2.27. The van der Waals surface area contributed by atoms with Crippen LogP contribution in [0.15, 0.2) is 0 Å². The molecule has 0 amide bonds. The average molecular weight is 197 g/mol. The Morgan fingerprint density at radius 1 is 1.50 bits per heavy atom. The van der Waals surface area contributed by atoms with Crippen molar-refractivity contribution in [3.63, 3.8) is 0 Å². The minimum Gasteiger partial charge on any atom is -0.321 e. The topological polar surface area (TPSA) is 43.1 Å². The molecule has 0 heterocycles. The summed E-state index contributed by atoms with van der Waals surface area (Å²) in [6.45, 7) is 4.32. The van der Waals surface area contributed by atoms with E-state index in [1.807, 2.05) is 0 Å². The Bertz CT molecular complexity index is 191. The number of hydrogen-bond donors (Lipinski definition) is 1. The first kappa shape index (κ1) is 11.7. The van der Waals surface area contributed by atoms with E-state index in [2.05, 4.69) is 13.8 Å². The molecule has 0 spiro atoms. The molecule has 1 aliphatic carbocycles. The van der Waals surface area contributed by atoms with Gasteiger partial charge in [0.05, 0.1) is 6.04 Å². The summed E-state index contributed by atoms with van der Waals surface area (Å²) in [4.78, 5) is 11.9. The molecule has 0 aromatic carbocycles. The van der Waals surface area contributed by atoms with Crippen molar-refractivity contribution >= 4 is 5.78 Å². The first-order valence-corrected chi connectivity index (χ1v) is 5.94. The van der Waals surface area contributed by atoms with E-state index in [0.717, 1.165) is 25.7 Å². The van der Waals surface area contributed by atoms with Crippen LogP contribution in [0.2, 0.25) is 0 Å². The van der Waals surface area contributed by atoms with Crippen LogP contribution >= 0.6 is 0 Å². The van der Waals surface area contributed by atoms with E-state index in [1.54, 1.807) is 0 Å². The normalized spacial score (nSPS) is 29.9. The van der Waals surface area contributed by atoms with Crippen LogP contribution in [-0.4, -0.2) is 11.8 Å². The maximum absolute atomic E-state index is 11.9. The van der Waals surface area contributed by atoms with Gasteiger partial charge in [0.1, 0.15) is 0 Å². The number of nitrogens with two attached hydrogens (primary N) is 1. The van der Waals surface area contributed by atoms with Gasteiger partial charge >= 0.3 is 0 Å². The van der Waals surface area contributed by atoms with Crippen LogP contribution in [-0.2, 0) is 4.79 Å². The fourth-order valence-electron chi connectivity index (χ4n) is 2.45. The van der Waals surface area contributed by atoms with Crippen molar-refractivity contribution in [1.29, 1.82) is 0 Å². The zero-order valence-corrected chi connectivity index (χ0v) is 9.46. The van der Waals surface area contributed by atoms with Gasteiger partial charge in [0.25, 0.3) is 0 Å². The van der Waals surface area contributed by atoms with Gasteiger partial charge in [0.15, 0.2) is 5.78 Å². The molecule has 2 N–H and O–H groups in total. The molecule has 0 saturated heterocycles. The van der Waals surface area contributed by atoms with Crippen LogP contribution in [0, 0.1) is 11.8 Å². The summed E-state index contributed by atoms with van der Waals surface area (Å²) in [5.41, 5.74) is 5.85. The highest BCUT2D eigenvalue weighted by atomic mass is 16.1. The number of Topliss-reactive ketones (excluding diaryl/α,β-unsaturated/α-hetero) is 1. The first-order chi connectivity index (χ1) is 6.65. The van der Waals surface area contributed by atoms with Gasteiger partial charge in [-0.15, -0.1) is 0 Å². The summed E-state index contributed by atoms with van der Waals surface area (Å²) >= 11 is 0. The lowest BCUT2D eigenvalue weighted by molar-refractivity contribution is -0.125. The van der Waals surface area contributed by atoms with Crippen molar-refractivity contribution in [3.8, 4) is 0 Å². The van der Waals surface area contributed by atoms with Gasteiger partial charge in [-0.1, -0.05) is 33.1 Å². The van der Waals surface area contributed by atoms with Crippen molar-refractivity contribution in [2.75, 3.05) is 0 Å². The Hall–Kier alpha value is -0.370. The SMILES string of the molecule is CCCC(N)C(=O)C1CCCC(C)C1. The molecule has 2 nitrogen and oxygen atoms in total. The average Bonchev–Trinajstić information content (AvgIpc) is 2.17. The summed E-state index contributed by atoms with van der Waals surface area (Å²) in [5, 5.41) is 0. The Labute approximate surface area is 87.2 Å². The van der Waals surface area contributed by atoms with Crippen molar-refractivity contribution in [3.05, 3.63) is 0 Å². The summed E-state index contributed by atoms with van der Waals surface area (Å²) in [6, 6.07) is -0.199. The van der Waals surface area contributed by atoms with Crippen LogP contribution in [0.1, 0.15) is 52.4 Å². The molecule has 2 heteroatoms. The summed E-state index contributed by atoms with van der Waals surface area (Å²) in [7, 11) is 0. The predicted molar refractivity (Wildman–Crippen MR) is 59.0 cm³/mol. The lowest BCUT2D eigenvalue weighted by atomic mass is 9.78. The van der Waals surface area contributed by atoms with E-state index in [4.69, 9.17) is 5.73 Å². The highest BCUT2D eigenvalue weighted by Crippen LogP contribution is 2.29. The third-order valence-electron chi connectivity index (χ3n) is 3.30. The molecule has 3 atom stereocenters. The smallest absolute Gasteiger partial charge is 0.152 e. The van der Waals surface area contributed by atoms with Gasteiger partial charge in [-0.2, -0.15) is 0 Å². The van der Waals surface area contributed by atoms with Gasteiger partial charge in [0.2, 0.25) is 0 Å². The molecular formula is C12H23NO. The fourth-order valence-corrected chi connectivity index (χ4v) is 2.45. The highest BCUT2D eigenvalue weighted by Gasteiger charge is 2.27. The largest absolute Gasteiger partial charge is 0.321 e. The maximum atomic E-state index is 11.9. The first-order valence-electron chi connectivity index (χ1n) is 5.94. The lowest BCUT2D eigenvalue weighted by Crippen LogP contribution is -2.37. The zero-order chi connectivity index (χ0) is 10.6. The van der Waals surface area contributed by atoms with E-state index in [0.29, 0.717) is 11.7 Å². The maximum Gasteiger partial charge on any atom is 0.152 e. The summed E-state index contributed by atoms with van der Waals surface area (Å²) < 4.78 is 0. The monoisotopic (exact) mass is 197 g/mol. The number of ketones is 1. The molecule has 1 fully saturated rings. The molecule has 0 aliphatic heterocycles. The quantitative estimate of drug-likeness (QED) is 0.752. The van der Waals surface area contributed by atoms with Crippen molar-refractivity contribution < 1.29 is 4.79 Å². The Morgan fingerprint density at radius 3 is 2.79 bits per heavy atom. The van der Waals surface area contributed by atoms with E-state index in [9.17, 15) is 4.79 Å². The van der Waals surface area contributed by atoms with E-state index in [-0.39, 0.29) is 12.0 Å². The van der Waals surface area contributed by atoms with Gasteiger partial charge in [0, 0.05) is 5.92 Å². The van der Waals surface area contributed by atoms with Crippen molar-refractivity contribution in [2.24, 2.45) is 17.6 Å². The van der Waals surface area contributed by atoms with Crippen molar-refractivity contribution in [1.82, 2.24) is 0 Å². The van der Waals surface area contributed by atoms with Crippen LogP contribution in [0.4, 0.5) is 0 Å². The second-order valence-electron chi connectivity index (χ2n) is 4.77. The minimum absolute atomic E-state index is 0.199. The van der Waals surface area contributed by atoms with Gasteiger partial charge in [-0.25, -0.2) is 0 Å². The fraction of sp³-hybridized carbons (Fsp3) is 0.917. The summed E-state index contributed by atoms with van der Waals surface area (Å²) in [6.07, 6.45) is 6.49. The molecule has 0 radical (unpaired) electrons. The molecule has 0 bridgehead atoms. The number of rotatable bonds is 4. The van der Waals surface area contributed by atoms with Crippen molar-refractivity contribution in [2.45, 2.75) is 58.4 Å². The molecule has 1 saturated carbocycles. The van der Waals surface area contributed by atoms with Crippen LogP contribution < -0.4 is 5.73 Å². The van der Waals surface area contributed by atoms with E-state index >= 15 is 0 Å². The second kappa shape index (κ2) is 5.50. The van der Waals surface area contributed by atoms with Crippen LogP contribution in [0.5, 0.6) is 0 Å². The molecule has 1 aliphatic rings. The van der Waals surface area contributed by atoms with E-state index < -0.39 is 0 Å². The zero-order valence-electron chi connectivity index (χ0n) is 9.46. The molecular weight excluding hydrogens is 174 g/mol. The number of carbonyl (C=O) groups excluding carboxylic acids is 1. The number of carbonyl (C=O) groups is 1. The predicted octanol–water partition coefficient (Wildman–Crippen LogP) is 2.51. The molecule has 82 valence electrons. The standard InChI is InChI=1S/C12H23NO/c1-3-5-11(13)12(14)10-7-4-6-9(2)8-10/h9-11H,3-8,13H2,1-2H3. The molecule has 0 aromatic heterocycles. The van der Waals surface area contributed by atoms with Gasteiger partial charge < -0.3 is 5.73 Å². The van der Waals surface area contributed by atoms with Gasteiger partial charge in [-0.05, 0) is 25.2 Å². The van der Waals surface area contributed by atoms with Gasteiger partial charge in [-0.3, -0.25) is 4.79 Å². The third kappa shape index (κ3) is 3.09. The van der Waals surface area contributed by atoms with Crippen LogP contribution in [0.25, 0.3) is 0 Å². The Morgan fingerprint density at radius 2 is 2.21 bits per heavy atom. The Balaban J connectivity index is 2.42. The van der Waals surface area contributed by atoms with E-state index in [1.165, 1.54) is 12.8 Å². The molecule has 14 heavy (non-hydrogen) atoms. The van der Waals surface area contributed by atoms with Crippen LogP contribution in [0.3, 0.4) is 0 Å². The number of hydrogen-bond acceptors (Lipinski definition) is 2. The highest BCUT2D eigenvalue weighted by molar-refractivity contribution is 5.86. The Kier molecular flexibility index (Phi) is 4.59. The molecule has 3 unspecified atom stereocenters. The third-order valence-corrected chi connectivity index (χ3v) is 3.30. The molecule has 0 aromatic rings. The second-order valence-corrected chi connectivity index (χ2v) is 4.77. The molecule has 1 rings (SSSR count). The minimum atomic E-state index is -0.199.